The number of aromatic nitrogens is 2. The van der Waals surface area contributed by atoms with Crippen LogP contribution in [-0.4, -0.2) is 25.6 Å². The SMILES string of the molecule is CCc1c(O)nc2c(C(=O)O)cccn2c1=O. The van der Waals surface area contributed by atoms with Crippen molar-refractivity contribution < 1.29 is 15.0 Å². The third-order valence-electron chi connectivity index (χ3n) is 2.51. The van der Waals surface area contributed by atoms with Crippen molar-refractivity contribution in [2.24, 2.45) is 0 Å². The maximum Gasteiger partial charge on any atom is 0.339 e. The van der Waals surface area contributed by atoms with E-state index in [1.807, 2.05) is 0 Å². The minimum absolute atomic E-state index is 0.0558. The first-order valence-corrected chi connectivity index (χ1v) is 5.02. The van der Waals surface area contributed by atoms with Crippen LogP contribution in [0.5, 0.6) is 5.88 Å². The standard InChI is InChI=1S/C11H10N2O4/c1-2-6-9(14)12-8-7(11(16)17)4-3-5-13(8)10(6)15/h3-5,14H,2H2,1H3,(H,16,17). The summed E-state index contributed by atoms with van der Waals surface area (Å²) >= 11 is 0. The third-order valence-corrected chi connectivity index (χ3v) is 2.51. The highest BCUT2D eigenvalue weighted by Crippen LogP contribution is 2.14. The van der Waals surface area contributed by atoms with Crippen LogP contribution in [0.25, 0.3) is 5.65 Å². The molecule has 2 aromatic heterocycles. The second-order valence-electron chi connectivity index (χ2n) is 3.49. The second kappa shape index (κ2) is 3.89. The van der Waals surface area contributed by atoms with Gasteiger partial charge in [0, 0.05) is 6.20 Å². The lowest BCUT2D eigenvalue weighted by Gasteiger charge is -2.06. The summed E-state index contributed by atoms with van der Waals surface area (Å²) in [6, 6.07) is 2.78. The number of nitrogens with zero attached hydrogens (tertiary/aromatic N) is 2. The van der Waals surface area contributed by atoms with Gasteiger partial charge >= 0.3 is 5.97 Å². The predicted molar refractivity (Wildman–Crippen MR) is 59.5 cm³/mol. The summed E-state index contributed by atoms with van der Waals surface area (Å²) in [5, 5.41) is 18.5. The first kappa shape index (κ1) is 11.1. The van der Waals surface area contributed by atoms with Gasteiger partial charge < -0.3 is 10.2 Å². The van der Waals surface area contributed by atoms with Crippen LogP contribution in [0.4, 0.5) is 0 Å². The highest BCUT2D eigenvalue weighted by Gasteiger charge is 2.15. The molecule has 0 saturated heterocycles. The Morgan fingerprint density at radius 2 is 2.24 bits per heavy atom. The molecule has 0 radical (unpaired) electrons. The smallest absolute Gasteiger partial charge is 0.339 e. The zero-order valence-electron chi connectivity index (χ0n) is 9.04. The molecule has 6 nitrogen and oxygen atoms in total. The molecule has 0 atom stereocenters. The van der Waals surface area contributed by atoms with Crippen molar-refractivity contribution in [2.45, 2.75) is 13.3 Å². The van der Waals surface area contributed by atoms with Gasteiger partial charge in [-0.2, -0.15) is 4.98 Å². The molecule has 2 heterocycles. The monoisotopic (exact) mass is 234 g/mol. The van der Waals surface area contributed by atoms with Gasteiger partial charge in [-0.05, 0) is 18.6 Å². The molecule has 2 aromatic rings. The summed E-state index contributed by atoms with van der Waals surface area (Å²) in [5.41, 5.74) is -0.453. The van der Waals surface area contributed by atoms with Crippen molar-refractivity contribution in [3.63, 3.8) is 0 Å². The maximum absolute atomic E-state index is 11.9. The zero-order valence-corrected chi connectivity index (χ0v) is 9.04. The molecule has 2 rings (SSSR count). The fourth-order valence-corrected chi connectivity index (χ4v) is 1.66. The summed E-state index contributed by atoms with van der Waals surface area (Å²) in [6.07, 6.45) is 1.76. The topological polar surface area (TPSA) is 91.9 Å². The van der Waals surface area contributed by atoms with Gasteiger partial charge in [0.25, 0.3) is 5.56 Å². The molecule has 0 spiro atoms. The Hall–Kier alpha value is -2.37. The Bertz CT molecular complexity index is 660. The molecule has 0 aliphatic carbocycles. The number of fused-ring (bicyclic) bond motifs is 1. The predicted octanol–water partition coefficient (Wildman–Crippen LogP) is 0.661. The van der Waals surface area contributed by atoms with Crippen molar-refractivity contribution in [2.75, 3.05) is 0 Å². The minimum Gasteiger partial charge on any atom is -0.493 e. The molecule has 0 aromatic carbocycles. The van der Waals surface area contributed by atoms with E-state index in [4.69, 9.17) is 5.11 Å². The van der Waals surface area contributed by atoms with Gasteiger partial charge in [-0.3, -0.25) is 9.20 Å². The summed E-state index contributed by atoms with van der Waals surface area (Å²) < 4.78 is 1.13. The van der Waals surface area contributed by atoms with E-state index >= 15 is 0 Å². The number of hydrogen-bond acceptors (Lipinski definition) is 4. The summed E-state index contributed by atoms with van der Waals surface area (Å²) in [7, 11) is 0. The highest BCUT2D eigenvalue weighted by atomic mass is 16.4. The lowest BCUT2D eigenvalue weighted by Crippen LogP contribution is -2.20. The van der Waals surface area contributed by atoms with E-state index in [1.165, 1.54) is 18.3 Å². The average Bonchev–Trinajstić information content (AvgIpc) is 2.28. The molecule has 0 aliphatic heterocycles. The molecular weight excluding hydrogens is 224 g/mol. The Balaban J connectivity index is 2.96. The normalized spacial score (nSPS) is 10.6. The van der Waals surface area contributed by atoms with Crippen molar-refractivity contribution in [1.29, 1.82) is 0 Å². The third kappa shape index (κ3) is 1.63. The van der Waals surface area contributed by atoms with E-state index in [0.717, 1.165) is 4.40 Å². The molecule has 0 saturated carbocycles. The number of aromatic hydroxyl groups is 1. The molecule has 0 amide bonds. The zero-order chi connectivity index (χ0) is 12.6. The average molecular weight is 234 g/mol. The molecule has 0 fully saturated rings. The van der Waals surface area contributed by atoms with Gasteiger partial charge in [0.15, 0.2) is 5.65 Å². The van der Waals surface area contributed by atoms with Crippen LogP contribution in [0.15, 0.2) is 23.1 Å². The van der Waals surface area contributed by atoms with Crippen molar-refractivity contribution in [3.05, 3.63) is 39.8 Å². The summed E-state index contributed by atoms with van der Waals surface area (Å²) in [5.74, 6) is -1.61. The van der Waals surface area contributed by atoms with Gasteiger partial charge in [0.2, 0.25) is 5.88 Å². The number of aromatic carboxylic acids is 1. The number of hydrogen-bond donors (Lipinski definition) is 2. The van der Waals surface area contributed by atoms with Crippen LogP contribution < -0.4 is 5.56 Å². The first-order valence-electron chi connectivity index (χ1n) is 5.02. The van der Waals surface area contributed by atoms with E-state index in [-0.39, 0.29) is 16.8 Å². The molecule has 6 heteroatoms. The molecule has 88 valence electrons. The maximum atomic E-state index is 11.9. The fourth-order valence-electron chi connectivity index (χ4n) is 1.66. The van der Waals surface area contributed by atoms with Crippen molar-refractivity contribution >= 4 is 11.6 Å². The van der Waals surface area contributed by atoms with E-state index in [1.54, 1.807) is 6.92 Å². The molecule has 0 bridgehead atoms. The van der Waals surface area contributed by atoms with Gasteiger partial charge in [0.05, 0.1) is 5.56 Å². The first-order chi connectivity index (χ1) is 8.06. The molecular formula is C11H10N2O4. The minimum atomic E-state index is -1.20. The molecule has 0 unspecified atom stereocenters. The quantitative estimate of drug-likeness (QED) is 0.796. The number of rotatable bonds is 2. The second-order valence-corrected chi connectivity index (χ2v) is 3.49. The Kier molecular flexibility index (Phi) is 2.55. The lowest BCUT2D eigenvalue weighted by molar-refractivity contribution is 0.0698. The van der Waals surface area contributed by atoms with Gasteiger partial charge in [-0.1, -0.05) is 6.92 Å². The Morgan fingerprint density at radius 3 is 2.82 bits per heavy atom. The van der Waals surface area contributed by atoms with Crippen LogP contribution in [-0.2, 0) is 6.42 Å². The van der Waals surface area contributed by atoms with Crippen LogP contribution in [0, 0.1) is 0 Å². The molecule has 17 heavy (non-hydrogen) atoms. The number of pyridine rings is 1. The number of carbonyl (C=O) groups is 1. The van der Waals surface area contributed by atoms with E-state index < -0.39 is 17.4 Å². The van der Waals surface area contributed by atoms with Gasteiger partial charge in [0.1, 0.15) is 5.56 Å². The lowest BCUT2D eigenvalue weighted by atomic mass is 10.2. The van der Waals surface area contributed by atoms with Gasteiger partial charge in [-0.25, -0.2) is 4.79 Å². The van der Waals surface area contributed by atoms with Crippen LogP contribution in [0.2, 0.25) is 0 Å². The highest BCUT2D eigenvalue weighted by molar-refractivity contribution is 5.94. The number of carboxylic acid groups (broad SMARTS) is 1. The van der Waals surface area contributed by atoms with E-state index in [2.05, 4.69) is 4.98 Å². The van der Waals surface area contributed by atoms with Crippen molar-refractivity contribution in [1.82, 2.24) is 9.38 Å². The number of carboxylic acids is 1. The van der Waals surface area contributed by atoms with Crippen LogP contribution in [0.1, 0.15) is 22.8 Å². The van der Waals surface area contributed by atoms with Gasteiger partial charge in [-0.15, -0.1) is 0 Å². The summed E-state index contributed by atoms with van der Waals surface area (Å²) in [6.45, 7) is 1.71. The van der Waals surface area contributed by atoms with E-state index in [0.29, 0.717) is 6.42 Å². The fraction of sp³-hybridized carbons (Fsp3) is 0.182. The molecule has 0 aliphatic rings. The largest absolute Gasteiger partial charge is 0.493 e. The van der Waals surface area contributed by atoms with Crippen LogP contribution in [0.3, 0.4) is 0 Å². The van der Waals surface area contributed by atoms with Crippen molar-refractivity contribution in [3.8, 4) is 5.88 Å². The summed E-state index contributed by atoms with van der Waals surface area (Å²) in [4.78, 5) is 26.6. The molecule has 2 N–H and O–H groups in total. The van der Waals surface area contributed by atoms with E-state index in [9.17, 15) is 14.7 Å². The van der Waals surface area contributed by atoms with Crippen LogP contribution >= 0.6 is 0 Å². The Labute approximate surface area is 95.8 Å². The Morgan fingerprint density at radius 1 is 1.53 bits per heavy atom.